The van der Waals surface area contributed by atoms with E-state index in [-0.39, 0.29) is 5.97 Å². The van der Waals surface area contributed by atoms with Crippen LogP contribution in [0.15, 0.2) is 0 Å². The van der Waals surface area contributed by atoms with Gasteiger partial charge in [0.25, 0.3) is 0 Å². The van der Waals surface area contributed by atoms with Gasteiger partial charge in [0.1, 0.15) is 0 Å². The Hall–Kier alpha value is -1.36. The molecule has 5 nitrogen and oxygen atoms in total. The Morgan fingerprint density at radius 3 is 3.05 bits per heavy atom. The molecule has 21 heavy (non-hydrogen) atoms. The number of rotatable bonds is 4. The van der Waals surface area contributed by atoms with Crippen LogP contribution in [0.4, 0.5) is 0 Å². The molecule has 5 heteroatoms. The Kier molecular flexibility index (Phi) is 4.29. The zero-order valence-corrected chi connectivity index (χ0v) is 13.0. The number of ether oxygens (including phenoxy) is 1. The minimum Gasteiger partial charge on any atom is -0.461 e. The molecule has 116 valence electrons. The lowest BCUT2D eigenvalue weighted by atomic mass is 9.77. The first-order chi connectivity index (χ1) is 10.2. The largest absolute Gasteiger partial charge is 0.461 e. The van der Waals surface area contributed by atoms with Crippen molar-refractivity contribution in [1.82, 2.24) is 15.1 Å². The molecule has 1 saturated heterocycles. The molecule has 0 radical (unpaired) electrons. The van der Waals surface area contributed by atoms with Crippen molar-refractivity contribution in [2.24, 2.45) is 5.92 Å². The van der Waals surface area contributed by atoms with Gasteiger partial charge in [-0.05, 0) is 58.0 Å². The first kappa shape index (κ1) is 14.6. The first-order valence-electron chi connectivity index (χ1n) is 8.21. The maximum Gasteiger partial charge on any atom is 0.359 e. The second-order valence-corrected chi connectivity index (χ2v) is 6.16. The Balaban J connectivity index is 1.84. The lowest BCUT2D eigenvalue weighted by Gasteiger charge is -2.43. The standard InChI is InChI=1S/C16H25N3O2/c1-3-7-19-8-5-6-11-9-13-12(10-14(11)19)15(18-17-13)16(20)21-4-2/h11,14H,3-10H2,1-2H3,(H,17,18)/t11-,14-/m1/s1. The lowest BCUT2D eigenvalue weighted by molar-refractivity contribution is 0.0513. The molecule has 0 aromatic carbocycles. The molecule has 1 aromatic rings. The summed E-state index contributed by atoms with van der Waals surface area (Å²) in [6.07, 6.45) is 5.72. The maximum absolute atomic E-state index is 12.0. The average molecular weight is 291 g/mol. The summed E-state index contributed by atoms with van der Waals surface area (Å²) in [5.74, 6) is 0.416. The smallest absolute Gasteiger partial charge is 0.359 e. The van der Waals surface area contributed by atoms with E-state index in [4.69, 9.17) is 4.74 Å². The predicted octanol–water partition coefficient (Wildman–Crippen LogP) is 2.18. The molecular formula is C16H25N3O2. The fourth-order valence-electron chi connectivity index (χ4n) is 3.94. The van der Waals surface area contributed by atoms with Gasteiger partial charge in [0.2, 0.25) is 0 Å². The van der Waals surface area contributed by atoms with Gasteiger partial charge >= 0.3 is 5.97 Å². The van der Waals surface area contributed by atoms with Crippen LogP contribution in [0.2, 0.25) is 0 Å². The molecule has 1 aromatic heterocycles. The molecule has 1 fully saturated rings. The molecule has 2 heterocycles. The number of hydrogen-bond acceptors (Lipinski definition) is 4. The molecule has 2 aliphatic rings. The minimum atomic E-state index is -0.286. The van der Waals surface area contributed by atoms with E-state index in [2.05, 4.69) is 22.0 Å². The van der Waals surface area contributed by atoms with Gasteiger partial charge in [0.15, 0.2) is 5.69 Å². The summed E-state index contributed by atoms with van der Waals surface area (Å²) in [7, 11) is 0. The number of nitrogens with one attached hydrogen (secondary N) is 1. The number of carbonyl (C=O) groups is 1. The van der Waals surface area contributed by atoms with E-state index in [9.17, 15) is 4.79 Å². The number of carbonyl (C=O) groups excluding carboxylic acids is 1. The van der Waals surface area contributed by atoms with E-state index in [0.29, 0.717) is 24.3 Å². The summed E-state index contributed by atoms with van der Waals surface area (Å²) in [5.41, 5.74) is 2.75. The van der Waals surface area contributed by atoms with E-state index in [1.165, 1.54) is 25.8 Å². The van der Waals surface area contributed by atoms with Crippen LogP contribution < -0.4 is 0 Å². The summed E-state index contributed by atoms with van der Waals surface area (Å²) in [6.45, 7) is 6.81. The third-order valence-corrected chi connectivity index (χ3v) is 4.85. The topological polar surface area (TPSA) is 58.2 Å². The number of aromatic nitrogens is 2. The van der Waals surface area contributed by atoms with Crippen LogP contribution in [0.25, 0.3) is 0 Å². The fraction of sp³-hybridized carbons (Fsp3) is 0.750. The highest BCUT2D eigenvalue weighted by atomic mass is 16.5. The zero-order chi connectivity index (χ0) is 14.8. The molecule has 0 bridgehead atoms. The quantitative estimate of drug-likeness (QED) is 0.864. The van der Waals surface area contributed by atoms with Crippen molar-refractivity contribution in [2.45, 2.75) is 52.0 Å². The third-order valence-electron chi connectivity index (χ3n) is 4.85. The van der Waals surface area contributed by atoms with Crippen molar-refractivity contribution in [1.29, 1.82) is 0 Å². The summed E-state index contributed by atoms with van der Waals surface area (Å²) in [4.78, 5) is 14.6. The van der Waals surface area contributed by atoms with Crippen LogP contribution in [-0.2, 0) is 17.6 Å². The Bertz CT molecular complexity index is 510. The Labute approximate surface area is 126 Å². The first-order valence-corrected chi connectivity index (χ1v) is 8.21. The third kappa shape index (κ3) is 2.71. The SMILES string of the molecule is CCCN1CCC[C@@H]2Cc3[nH]nc(C(=O)OCC)c3C[C@H]21. The van der Waals surface area contributed by atoms with Gasteiger partial charge in [0, 0.05) is 17.3 Å². The van der Waals surface area contributed by atoms with Gasteiger partial charge in [0.05, 0.1) is 6.61 Å². The highest BCUT2D eigenvalue weighted by Crippen LogP contribution is 2.35. The number of fused-ring (bicyclic) bond motifs is 2. The van der Waals surface area contributed by atoms with Gasteiger partial charge in [-0.15, -0.1) is 0 Å². The van der Waals surface area contributed by atoms with Crippen LogP contribution in [0.3, 0.4) is 0 Å². The predicted molar refractivity (Wildman–Crippen MR) is 80.3 cm³/mol. The van der Waals surface area contributed by atoms with E-state index in [0.717, 1.165) is 30.6 Å². The molecule has 1 aliphatic heterocycles. The number of piperidine rings is 1. The van der Waals surface area contributed by atoms with E-state index < -0.39 is 0 Å². The van der Waals surface area contributed by atoms with Crippen molar-refractivity contribution in [3.8, 4) is 0 Å². The van der Waals surface area contributed by atoms with Crippen molar-refractivity contribution in [2.75, 3.05) is 19.7 Å². The molecule has 0 saturated carbocycles. The second-order valence-electron chi connectivity index (χ2n) is 6.16. The molecule has 1 aliphatic carbocycles. The molecule has 0 spiro atoms. The molecule has 0 unspecified atom stereocenters. The molecular weight excluding hydrogens is 266 g/mol. The van der Waals surface area contributed by atoms with Gasteiger partial charge in [-0.25, -0.2) is 4.79 Å². The number of H-pyrrole nitrogens is 1. The van der Waals surface area contributed by atoms with Gasteiger partial charge in [-0.2, -0.15) is 5.10 Å². The normalized spacial score (nSPS) is 25.2. The maximum atomic E-state index is 12.0. The van der Waals surface area contributed by atoms with Crippen molar-refractivity contribution >= 4 is 5.97 Å². The van der Waals surface area contributed by atoms with Gasteiger partial charge < -0.3 is 4.74 Å². The fourth-order valence-corrected chi connectivity index (χ4v) is 3.94. The zero-order valence-electron chi connectivity index (χ0n) is 13.0. The highest BCUT2D eigenvalue weighted by molar-refractivity contribution is 5.89. The van der Waals surface area contributed by atoms with E-state index >= 15 is 0 Å². The number of likely N-dealkylation sites (tertiary alicyclic amines) is 1. The Morgan fingerprint density at radius 1 is 1.43 bits per heavy atom. The van der Waals surface area contributed by atoms with Crippen molar-refractivity contribution < 1.29 is 9.53 Å². The van der Waals surface area contributed by atoms with Crippen molar-refractivity contribution in [3.05, 3.63) is 17.0 Å². The number of aromatic amines is 1. The van der Waals surface area contributed by atoms with E-state index in [1.54, 1.807) is 0 Å². The number of nitrogens with zero attached hydrogens (tertiary/aromatic N) is 2. The Morgan fingerprint density at radius 2 is 2.29 bits per heavy atom. The number of esters is 1. The average Bonchev–Trinajstić information content (AvgIpc) is 2.89. The van der Waals surface area contributed by atoms with Crippen LogP contribution >= 0.6 is 0 Å². The van der Waals surface area contributed by atoms with Gasteiger partial charge in [-0.1, -0.05) is 6.92 Å². The van der Waals surface area contributed by atoms with Crippen LogP contribution in [-0.4, -0.2) is 46.8 Å². The van der Waals surface area contributed by atoms with Gasteiger partial charge in [-0.3, -0.25) is 10.00 Å². The van der Waals surface area contributed by atoms with Crippen molar-refractivity contribution in [3.63, 3.8) is 0 Å². The monoisotopic (exact) mass is 291 g/mol. The summed E-state index contributed by atoms with van der Waals surface area (Å²) < 4.78 is 5.13. The van der Waals surface area contributed by atoms with E-state index in [1.807, 2.05) is 6.92 Å². The van der Waals surface area contributed by atoms with Crippen LogP contribution in [0.5, 0.6) is 0 Å². The number of hydrogen-bond donors (Lipinski definition) is 1. The molecule has 3 rings (SSSR count). The lowest BCUT2D eigenvalue weighted by Crippen LogP contribution is -2.49. The summed E-state index contributed by atoms with van der Waals surface area (Å²) >= 11 is 0. The molecule has 0 amide bonds. The van der Waals surface area contributed by atoms with Crippen LogP contribution in [0, 0.1) is 5.92 Å². The summed E-state index contributed by atoms with van der Waals surface area (Å²) in [5, 5.41) is 7.30. The second kappa shape index (κ2) is 6.18. The minimum absolute atomic E-state index is 0.286. The molecule has 2 atom stereocenters. The highest BCUT2D eigenvalue weighted by Gasteiger charge is 2.38. The van der Waals surface area contributed by atoms with Crippen LogP contribution in [0.1, 0.15) is 54.9 Å². The summed E-state index contributed by atoms with van der Waals surface area (Å²) in [6, 6.07) is 0.567. The molecule has 1 N–H and O–H groups in total.